The Bertz CT molecular complexity index is 1010. The van der Waals surface area contributed by atoms with Crippen LogP contribution in [0.2, 0.25) is 0 Å². The molecule has 4 aromatic rings. The molecule has 0 saturated heterocycles. The molecule has 0 aliphatic heterocycles. The predicted molar refractivity (Wildman–Crippen MR) is 109 cm³/mol. The number of amides is 1. The summed E-state index contributed by atoms with van der Waals surface area (Å²) >= 11 is 1.68. The number of nitrogens with zero attached hydrogens (tertiary/aromatic N) is 1. The molecule has 0 fully saturated rings. The Morgan fingerprint density at radius 3 is 2.67 bits per heavy atom. The lowest BCUT2D eigenvalue weighted by molar-refractivity contribution is -0.121. The molecule has 2 heterocycles. The Kier molecular flexibility index (Phi) is 4.89. The molecule has 27 heavy (non-hydrogen) atoms. The lowest BCUT2D eigenvalue weighted by Gasteiger charge is -2.15. The maximum absolute atomic E-state index is 12.2. The molecule has 5 nitrogen and oxygen atoms in total. The third kappa shape index (κ3) is 4.01. The van der Waals surface area contributed by atoms with E-state index in [9.17, 15) is 4.79 Å². The van der Waals surface area contributed by atoms with Crippen molar-refractivity contribution in [1.29, 1.82) is 0 Å². The summed E-state index contributed by atoms with van der Waals surface area (Å²) < 4.78 is 6.40. The predicted octanol–water partition coefficient (Wildman–Crippen LogP) is 4.67. The number of para-hydroxylation sites is 1. The van der Waals surface area contributed by atoms with Gasteiger partial charge in [-0.15, -0.1) is 11.3 Å². The summed E-state index contributed by atoms with van der Waals surface area (Å²) in [5, 5.41) is 7.06. The first-order chi connectivity index (χ1) is 13.2. The average Bonchev–Trinajstić information content (AvgIpc) is 3.36. The van der Waals surface area contributed by atoms with Crippen LogP contribution in [0.4, 0.5) is 5.69 Å². The first-order valence-corrected chi connectivity index (χ1v) is 9.53. The van der Waals surface area contributed by atoms with Crippen LogP contribution >= 0.6 is 11.3 Å². The van der Waals surface area contributed by atoms with Crippen molar-refractivity contribution in [2.75, 3.05) is 5.32 Å². The maximum Gasteiger partial charge on any atom is 0.242 e. The molecule has 4 rings (SSSR count). The minimum atomic E-state index is -0.353. The Hall–Kier alpha value is -3.12. The SMILES string of the molecule is C[C@@H](Nc1ccc(-c2nc3ccccc3s2)cc1)C(=O)NCc1ccco1. The van der Waals surface area contributed by atoms with Gasteiger partial charge in [-0.3, -0.25) is 4.79 Å². The van der Waals surface area contributed by atoms with Crippen molar-refractivity contribution in [2.45, 2.75) is 19.5 Å². The standard InChI is InChI=1S/C21H19N3O2S/c1-14(20(25)22-13-17-5-4-12-26-17)23-16-10-8-15(9-11-16)21-24-18-6-2-3-7-19(18)27-21/h2-12,14,23H,13H2,1H3,(H,22,25)/t14-/m1/s1. The molecule has 136 valence electrons. The summed E-state index contributed by atoms with van der Waals surface area (Å²) in [6.45, 7) is 2.22. The fourth-order valence-electron chi connectivity index (χ4n) is 2.76. The van der Waals surface area contributed by atoms with Crippen molar-refractivity contribution in [3.8, 4) is 10.6 Å². The Morgan fingerprint density at radius 2 is 1.93 bits per heavy atom. The quantitative estimate of drug-likeness (QED) is 0.512. The van der Waals surface area contributed by atoms with Gasteiger partial charge in [0.05, 0.1) is 23.0 Å². The number of rotatable bonds is 6. The summed E-state index contributed by atoms with van der Waals surface area (Å²) in [7, 11) is 0. The first-order valence-electron chi connectivity index (χ1n) is 8.72. The fraction of sp³-hybridized carbons (Fsp3) is 0.143. The van der Waals surface area contributed by atoms with E-state index in [4.69, 9.17) is 4.42 Å². The highest BCUT2D eigenvalue weighted by atomic mass is 32.1. The summed E-state index contributed by atoms with van der Waals surface area (Å²) in [6, 6.07) is 19.4. The van der Waals surface area contributed by atoms with Gasteiger partial charge in [-0.25, -0.2) is 4.98 Å². The van der Waals surface area contributed by atoms with E-state index >= 15 is 0 Å². The van der Waals surface area contributed by atoms with Gasteiger partial charge in [0.15, 0.2) is 0 Å². The van der Waals surface area contributed by atoms with Crippen molar-refractivity contribution in [3.63, 3.8) is 0 Å². The smallest absolute Gasteiger partial charge is 0.242 e. The highest BCUT2D eigenvalue weighted by molar-refractivity contribution is 7.21. The molecule has 2 aromatic carbocycles. The number of aromatic nitrogens is 1. The maximum atomic E-state index is 12.2. The van der Waals surface area contributed by atoms with E-state index in [-0.39, 0.29) is 11.9 Å². The lowest BCUT2D eigenvalue weighted by atomic mass is 10.2. The van der Waals surface area contributed by atoms with Crippen LogP contribution in [-0.2, 0) is 11.3 Å². The molecule has 2 aromatic heterocycles. The molecule has 0 aliphatic carbocycles. The molecule has 0 spiro atoms. The first kappa shape index (κ1) is 17.3. The van der Waals surface area contributed by atoms with Crippen molar-refractivity contribution in [1.82, 2.24) is 10.3 Å². The molecule has 0 aliphatic rings. The number of carbonyl (C=O) groups excluding carboxylic acids is 1. The molecule has 1 amide bonds. The Labute approximate surface area is 161 Å². The van der Waals surface area contributed by atoms with Crippen LogP contribution in [0.5, 0.6) is 0 Å². The van der Waals surface area contributed by atoms with Crippen LogP contribution in [0.15, 0.2) is 71.3 Å². The van der Waals surface area contributed by atoms with Crippen molar-refractivity contribution in [2.24, 2.45) is 0 Å². The van der Waals surface area contributed by atoms with Crippen LogP contribution in [0.25, 0.3) is 20.8 Å². The van der Waals surface area contributed by atoms with Gasteiger partial charge in [-0.05, 0) is 55.5 Å². The second kappa shape index (κ2) is 7.63. The summed E-state index contributed by atoms with van der Waals surface area (Å²) in [4.78, 5) is 16.9. The number of carbonyl (C=O) groups is 1. The highest BCUT2D eigenvalue weighted by Gasteiger charge is 2.13. The topological polar surface area (TPSA) is 67.2 Å². The number of fused-ring (bicyclic) bond motifs is 1. The van der Waals surface area contributed by atoms with Crippen LogP contribution in [0.1, 0.15) is 12.7 Å². The van der Waals surface area contributed by atoms with Crippen molar-refractivity contribution < 1.29 is 9.21 Å². The van der Waals surface area contributed by atoms with Crippen LogP contribution in [0, 0.1) is 0 Å². The largest absolute Gasteiger partial charge is 0.467 e. The van der Waals surface area contributed by atoms with E-state index in [1.807, 2.05) is 55.5 Å². The third-order valence-corrected chi connectivity index (χ3v) is 5.30. The number of thiazole rings is 1. The zero-order valence-corrected chi connectivity index (χ0v) is 15.6. The van der Waals surface area contributed by atoms with E-state index in [1.165, 1.54) is 4.70 Å². The zero-order valence-electron chi connectivity index (χ0n) is 14.8. The van der Waals surface area contributed by atoms with E-state index in [1.54, 1.807) is 23.7 Å². The lowest BCUT2D eigenvalue weighted by Crippen LogP contribution is -2.37. The van der Waals surface area contributed by atoms with Crippen LogP contribution in [-0.4, -0.2) is 16.9 Å². The van der Waals surface area contributed by atoms with Gasteiger partial charge in [0.1, 0.15) is 16.8 Å². The number of hydrogen-bond acceptors (Lipinski definition) is 5. The Morgan fingerprint density at radius 1 is 1.11 bits per heavy atom. The minimum absolute atomic E-state index is 0.0818. The zero-order chi connectivity index (χ0) is 18.6. The van der Waals surface area contributed by atoms with E-state index < -0.39 is 0 Å². The molecule has 2 N–H and O–H groups in total. The normalized spacial score (nSPS) is 12.0. The van der Waals surface area contributed by atoms with Gasteiger partial charge in [-0.2, -0.15) is 0 Å². The second-order valence-corrected chi connectivity index (χ2v) is 7.26. The number of furan rings is 1. The molecule has 0 radical (unpaired) electrons. The van der Waals surface area contributed by atoms with Crippen molar-refractivity contribution >= 4 is 33.1 Å². The average molecular weight is 377 g/mol. The molecular formula is C21H19N3O2S. The van der Waals surface area contributed by atoms with Gasteiger partial charge in [0, 0.05) is 11.3 Å². The number of anilines is 1. The number of benzene rings is 2. The van der Waals surface area contributed by atoms with Gasteiger partial charge in [0.25, 0.3) is 0 Å². The molecule has 1 atom stereocenters. The summed E-state index contributed by atoms with van der Waals surface area (Å²) in [5.41, 5.74) is 2.97. The van der Waals surface area contributed by atoms with Gasteiger partial charge in [-0.1, -0.05) is 12.1 Å². The molecular weight excluding hydrogens is 358 g/mol. The van der Waals surface area contributed by atoms with Crippen LogP contribution < -0.4 is 10.6 Å². The minimum Gasteiger partial charge on any atom is -0.467 e. The van der Waals surface area contributed by atoms with E-state index in [0.29, 0.717) is 6.54 Å². The fourth-order valence-corrected chi connectivity index (χ4v) is 3.73. The Balaban J connectivity index is 1.39. The number of hydrogen-bond donors (Lipinski definition) is 2. The molecule has 0 unspecified atom stereocenters. The number of nitrogens with one attached hydrogen (secondary N) is 2. The van der Waals surface area contributed by atoms with E-state index in [0.717, 1.165) is 27.5 Å². The van der Waals surface area contributed by atoms with Gasteiger partial charge >= 0.3 is 0 Å². The van der Waals surface area contributed by atoms with Crippen molar-refractivity contribution in [3.05, 3.63) is 72.7 Å². The second-order valence-electron chi connectivity index (χ2n) is 6.23. The third-order valence-electron chi connectivity index (χ3n) is 4.22. The van der Waals surface area contributed by atoms with E-state index in [2.05, 4.69) is 21.7 Å². The van der Waals surface area contributed by atoms with Crippen LogP contribution in [0.3, 0.4) is 0 Å². The monoisotopic (exact) mass is 377 g/mol. The summed E-state index contributed by atoms with van der Waals surface area (Å²) in [6.07, 6.45) is 1.59. The van der Waals surface area contributed by atoms with Gasteiger partial charge < -0.3 is 15.1 Å². The highest BCUT2D eigenvalue weighted by Crippen LogP contribution is 2.30. The molecule has 0 bridgehead atoms. The van der Waals surface area contributed by atoms with Gasteiger partial charge in [0.2, 0.25) is 5.91 Å². The summed E-state index contributed by atoms with van der Waals surface area (Å²) in [5.74, 6) is 0.650. The molecule has 6 heteroatoms. The molecule has 0 saturated carbocycles.